The van der Waals surface area contributed by atoms with Crippen LogP contribution in [0.5, 0.6) is 5.75 Å². The van der Waals surface area contributed by atoms with Crippen molar-refractivity contribution in [2.24, 2.45) is 5.92 Å². The predicted molar refractivity (Wildman–Crippen MR) is 94.4 cm³/mol. The summed E-state index contributed by atoms with van der Waals surface area (Å²) in [6, 6.07) is 12.4. The normalized spacial score (nSPS) is 15.0. The van der Waals surface area contributed by atoms with Gasteiger partial charge in [-0.1, -0.05) is 29.8 Å². The van der Waals surface area contributed by atoms with Gasteiger partial charge in [-0.25, -0.2) is 4.39 Å². The first-order chi connectivity index (χ1) is 11.5. The van der Waals surface area contributed by atoms with E-state index in [9.17, 15) is 9.18 Å². The molecule has 1 N–H and O–H groups in total. The standard InChI is InChI=1S/C19H19BrFNO2/c1-12-2-4-13(5-3-12)19(14-6-7-14)22-18(23)11-24-17-9-8-15(21)10-16(17)20/h2-5,8-10,14,19H,6-7,11H2,1H3,(H,22,23). The average Bonchev–Trinajstić information content (AvgIpc) is 3.37. The molecule has 5 heteroatoms. The molecule has 1 aliphatic carbocycles. The fourth-order valence-electron chi connectivity index (χ4n) is 2.63. The Morgan fingerprint density at radius 3 is 2.62 bits per heavy atom. The molecule has 1 aliphatic rings. The van der Waals surface area contributed by atoms with Crippen molar-refractivity contribution in [3.63, 3.8) is 0 Å². The molecule has 1 amide bonds. The molecule has 1 unspecified atom stereocenters. The Bertz CT molecular complexity index is 729. The molecule has 3 nitrogen and oxygen atoms in total. The highest BCUT2D eigenvalue weighted by molar-refractivity contribution is 9.10. The van der Waals surface area contributed by atoms with Crippen molar-refractivity contribution < 1.29 is 13.9 Å². The summed E-state index contributed by atoms with van der Waals surface area (Å²) in [7, 11) is 0. The monoisotopic (exact) mass is 391 g/mol. The van der Waals surface area contributed by atoms with Crippen LogP contribution in [0.2, 0.25) is 0 Å². The van der Waals surface area contributed by atoms with Gasteiger partial charge in [0.1, 0.15) is 11.6 Å². The van der Waals surface area contributed by atoms with Crippen LogP contribution in [0.25, 0.3) is 0 Å². The number of halogens is 2. The van der Waals surface area contributed by atoms with E-state index in [1.165, 1.54) is 23.8 Å². The molecule has 2 aromatic rings. The number of nitrogens with one attached hydrogen (secondary N) is 1. The highest BCUT2D eigenvalue weighted by Crippen LogP contribution is 2.41. The van der Waals surface area contributed by atoms with Gasteiger partial charge in [0.25, 0.3) is 5.91 Å². The molecule has 0 aliphatic heterocycles. The quantitative estimate of drug-likeness (QED) is 0.784. The van der Waals surface area contributed by atoms with Crippen LogP contribution in [0.3, 0.4) is 0 Å². The second-order valence-electron chi connectivity index (χ2n) is 6.16. The minimum absolute atomic E-state index is 0.0263. The summed E-state index contributed by atoms with van der Waals surface area (Å²) in [6.07, 6.45) is 2.26. The fraction of sp³-hybridized carbons (Fsp3) is 0.316. The Kier molecular flexibility index (Phi) is 5.19. The Balaban J connectivity index is 1.61. The van der Waals surface area contributed by atoms with Gasteiger partial charge < -0.3 is 10.1 Å². The molecular weight excluding hydrogens is 373 g/mol. The van der Waals surface area contributed by atoms with Crippen molar-refractivity contribution in [3.8, 4) is 5.75 Å². The van der Waals surface area contributed by atoms with Crippen LogP contribution >= 0.6 is 15.9 Å². The van der Waals surface area contributed by atoms with Crippen LogP contribution in [0.15, 0.2) is 46.9 Å². The molecule has 0 saturated heterocycles. The van der Waals surface area contributed by atoms with E-state index in [0.717, 1.165) is 18.4 Å². The molecule has 0 radical (unpaired) electrons. The highest BCUT2D eigenvalue weighted by atomic mass is 79.9. The Morgan fingerprint density at radius 1 is 1.29 bits per heavy atom. The molecule has 1 saturated carbocycles. The summed E-state index contributed by atoms with van der Waals surface area (Å²) < 4.78 is 19.0. The van der Waals surface area contributed by atoms with Gasteiger partial charge in [0.05, 0.1) is 10.5 Å². The molecule has 0 bridgehead atoms. The SMILES string of the molecule is Cc1ccc(C(NC(=O)COc2ccc(F)cc2Br)C2CC2)cc1. The largest absolute Gasteiger partial charge is 0.483 e. The second kappa shape index (κ2) is 7.34. The molecular formula is C19H19BrFNO2. The van der Waals surface area contributed by atoms with Crippen LogP contribution in [0.1, 0.15) is 30.0 Å². The molecule has 3 rings (SSSR count). The van der Waals surface area contributed by atoms with E-state index in [2.05, 4.69) is 45.5 Å². The number of benzene rings is 2. The lowest BCUT2D eigenvalue weighted by Crippen LogP contribution is -2.33. The van der Waals surface area contributed by atoms with Crippen molar-refractivity contribution >= 4 is 21.8 Å². The summed E-state index contributed by atoms with van der Waals surface area (Å²) in [4.78, 5) is 12.3. The molecule has 0 aromatic heterocycles. The van der Waals surface area contributed by atoms with Crippen molar-refractivity contribution in [1.29, 1.82) is 0 Å². The maximum Gasteiger partial charge on any atom is 0.258 e. The molecule has 126 valence electrons. The third kappa shape index (κ3) is 4.35. The molecule has 2 aromatic carbocycles. The van der Waals surface area contributed by atoms with Crippen LogP contribution in [0.4, 0.5) is 4.39 Å². The van der Waals surface area contributed by atoms with Gasteiger partial charge in [0, 0.05) is 0 Å². The average molecular weight is 392 g/mol. The number of rotatable bonds is 6. The van der Waals surface area contributed by atoms with Gasteiger partial charge in [-0.15, -0.1) is 0 Å². The number of aryl methyl sites for hydroxylation is 1. The molecule has 1 atom stereocenters. The lowest BCUT2D eigenvalue weighted by molar-refractivity contribution is -0.124. The van der Waals surface area contributed by atoms with E-state index in [0.29, 0.717) is 16.1 Å². The van der Waals surface area contributed by atoms with E-state index in [4.69, 9.17) is 4.74 Å². The van der Waals surface area contributed by atoms with Crippen molar-refractivity contribution in [3.05, 3.63) is 63.9 Å². The van der Waals surface area contributed by atoms with Crippen LogP contribution in [-0.4, -0.2) is 12.5 Å². The first kappa shape index (κ1) is 17.0. The summed E-state index contributed by atoms with van der Waals surface area (Å²) in [5.41, 5.74) is 2.32. The Labute approximate surface area is 149 Å². The Hall–Kier alpha value is -1.88. The highest BCUT2D eigenvalue weighted by Gasteiger charge is 2.33. The summed E-state index contributed by atoms with van der Waals surface area (Å²) in [6.45, 7) is 1.95. The maximum atomic E-state index is 13.1. The zero-order valence-corrected chi connectivity index (χ0v) is 15.0. The number of hydrogen-bond donors (Lipinski definition) is 1. The molecule has 0 heterocycles. The zero-order valence-electron chi connectivity index (χ0n) is 13.4. The van der Waals surface area contributed by atoms with Gasteiger partial charge >= 0.3 is 0 Å². The first-order valence-corrected chi connectivity index (χ1v) is 8.76. The topological polar surface area (TPSA) is 38.3 Å². The van der Waals surface area contributed by atoms with E-state index >= 15 is 0 Å². The van der Waals surface area contributed by atoms with Crippen molar-refractivity contribution in [2.75, 3.05) is 6.61 Å². The zero-order chi connectivity index (χ0) is 17.1. The third-order valence-corrected chi connectivity index (χ3v) is 4.72. The first-order valence-electron chi connectivity index (χ1n) is 7.97. The van der Waals surface area contributed by atoms with Crippen molar-refractivity contribution in [1.82, 2.24) is 5.32 Å². The van der Waals surface area contributed by atoms with Gasteiger partial charge in [0.15, 0.2) is 6.61 Å². The maximum absolute atomic E-state index is 13.1. The predicted octanol–water partition coefficient (Wildman–Crippen LogP) is 4.54. The van der Waals surface area contributed by atoms with Crippen LogP contribution in [0, 0.1) is 18.7 Å². The number of ether oxygens (including phenoxy) is 1. The third-order valence-electron chi connectivity index (χ3n) is 4.10. The van der Waals surface area contributed by atoms with Crippen LogP contribution in [-0.2, 0) is 4.79 Å². The van der Waals surface area contributed by atoms with Gasteiger partial charge in [-0.3, -0.25) is 4.79 Å². The van der Waals surface area contributed by atoms with E-state index < -0.39 is 0 Å². The molecule has 1 fully saturated rings. The molecule has 24 heavy (non-hydrogen) atoms. The lowest BCUT2D eigenvalue weighted by Gasteiger charge is -2.19. The van der Waals surface area contributed by atoms with E-state index in [1.54, 1.807) is 0 Å². The van der Waals surface area contributed by atoms with E-state index in [1.807, 2.05) is 6.92 Å². The van der Waals surface area contributed by atoms with Crippen molar-refractivity contribution in [2.45, 2.75) is 25.8 Å². The van der Waals surface area contributed by atoms with Gasteiger partial charge in [-0.2, -0.15) is 0 Å². The number of carbonyl (C=O) groups excluding carboxylic acids is 1. The van der Waals surface area contributed by atoms with Crippen LogP contribution < -0.4 is 10.1 Å². The second-order valence-corrected chi connectivity index (χ2v) is 7.01. The smallest absolute Gasteiger partial charge is 0.258 e. The number of hydrogen-bond acceptors (Lipinski definition) is 2. The number of amides is 1. The fourth-order valence-corrected chi connectivity index (χ4v) is 3.09. The summed E-state index contributed by atoms with van der Waals surface area (Å²) in [5.74, 6) is 0.412. The minimum atomic E-state index is -0.355. The lowest BCUT2D eigenvalue weighted by atomic mass is 10.0. The summed E-state index contributed by atoms with van der Waals surface area (Å²) >= 11 is 3.23. The Morgan fingerprint density at radius 2 is 2.00 bits per heavy atom. The minimum Gasteiger partial charge on any atom is -0.483 e. The van der Waals surface area contributed by atoms with Gasteiger partial charge in [0.2, 0.25) is 0 Å². The number of carbonyl (C=O) groups is 1. The molecule has 0 spiro atoms. The van der Waals surface area contributed by atoms with Gasteiger partial charge in [-0.05, 0) is 65.4 Å². The van der Waals surface area contributed by atoms with E-state index in [-0.39, 0.29) is 24.4 Å². The summed E-state index contributed by atoms with van der Waals surface area (Å²) in [5, 5.41) is 3.06.